The Morgan fingerprint density at radius 3 is 2.36 bits per heavy atom. The molecule has 7 heteroatoms. The van der Waals surface area contributed by atoms with Crippen LogP contribution in [0.25, 0.3) is 0 Å². The number of hydrogen-bond acceptors (Lipinski definition) is 4. The summed E-state index contributed by atoms with van der Waals surface area (Å²) in [6.45, 7) is 7.48. The molecule has 1 unspecified atom stereocenters. The van der Waals surface area contributed by atoms with E-state index in [0.29, 0.717) is 13.1 Å². The molecule has 1 N–H and O–H groups in total. The van der Waals surface area contributed by atoms with E-state index in [1.165, 1.54) is 11.8 Å². The lowest BCUT2D eigenvalue weighted by Crippen LogP contribution is -2.49. The van der Waals surface area contributed by atoms with E-state index in [1.807, 2.05) is 42.2 Å². The van der Waals surface area contributed by atoms with Crippen molar-refractivity contribution in [2.45, 2.75) is 32.9 Å². The van der Waals surface area contributed by atoms with E-state index < -0.39 is 0 Å². The predicted molar refractivity (Wildman–Crippen MR) is 114 cm³/mol. The summed E-state index contributed by atoms with van der Waals surface area (Å²) in [6.07, 6.45) is 0.281. The summed E-state index contributed by atoms with van der Waals surface area (Å²) in [5.41, 5.74) is 2.11. The summed E-state index contributed by atoms with van der Waals surface area (Å²) in [7, 11) is 0. The van der Waals surface area contributed by atoms with Gasteiger partial charge in [0, 0.05) is 44.5 Å². The molecule has 1 fully saturated rings. The third-order valence-electron chi connectivity index (χ3n) is 4.97. The summed E-state index contributed by atoms with van der Waals surface area (Å²) in [4.78, 5) is 30.0. The van der Waals surface area contributed by atoms with Crippen LogP contribution in [0.3, 0.4) is 0 Å². The van der Waals surface area contributed by atoms with Crippen molar-refractivity contribution in [3.05, 3.63) is 56.7 Å². The first-order chi connectivity index (χ1) is 13.4. The summed E-state index contributed by atoms with van der Waals surface area (Å²) in [5, 5.41) is 2.92. The van der Waals surface area contributed by atoms with Crippen molar-refractivity contribution >= 4 is 34.8 Å². The zero-order chi connectivity index (χ0) is 20.1. The van der Waals surface area contributed by atoms with Gasteiger partial charge in [0.2, 0.25) is 11.8 Å². The number of piperazine rings is 1. The van der Waals surface area contributed by atoms with Gasteiger partial charge in [0.1, 0.15) is 0 Å². The van der Waals surface area contributed by atoms with E-state index in [0.717, 1.165) is 35.1 Å². The second-order valence-electron chi connectivity index (χ2n) is 7.23. The second kappa shape index (κ2) is 9.54. The Labute approximate surface area is 175 Å². The molecule has 1 aromatic heterocycles. The van der Waals surface area contributed by atoms with Crippen LogP contribution in [0.4, 0.5) is 0 Å². The van der Waals surface area contributed by atoms with Crippen LogP contribution in [-0.4, -0.2) is 47.8 Å². The zero-order valence-corrected chi connectivity index (χ0v) is 17.9. The molecule has 1 atom stereocenters. The first-order valence-electron chi connectivity index (χ1n) is 9.48. The van der Waals surface area contributed by atoms with Gasteiger partial charge in [0.25, 0.3) is 0 Å². The van der Waals surface area contributed by atoms with Crippen molar-refractivity contribution in [1.29, 1.82) is 0 Å². The van der Waals surface area contributed by atoms with Crippen LogP contribution in [-0.2, 0) is 16.1 Å². The van der Waals surface area contributed by atoms with E-state index in [2.05, 4.69) is 16.3 Å². The molecule has 28 heavy (non-hydrogen) atoms. The van der Waals surface area contributed by atoms with E-state index in [9.17, 15) is 9.59 Å². The smallest absolute Gasteiger partial charge is 0.225 e. The van der Waals surface area contributed by atoms with E-state index >= 15 is 0 Å². The maximum atomic E-state index is 12.8. The predicted octanol–water partition coefficient (Wildman–Crippen LogP) is 3.62. The fourth-order valence-electron chi connectivity index (χ4n) is 3.41. The molecule has 2 aromatic rings. The SMILES string of the molecule is CC(=O)NC(CC(=O)N1CCN(Cc2ccc(Cl)s2)CC1)c1ccc(C)cc1. The highest BCUT2D eigenvalue weighted by Crippen LogP contribution is 2.24. The number of thiophene rings is 1. The largest absolute Gasteiger partial charge is 0.349 e. The Morgan fingerprint density at radius 2 is 1.79 bits per heavy atom. The van der Waals surface area contributed by atoms with Crippen LogP contribution in [0.1, 0.15) is 35.4 Å². The number of aryl methyl sites for hydroxylation is 1. The molecular weight excluding hydrogens is 394 g/mol. The van der Waals surface area contributed by atoms with Gasteiger partial charge in [-0.25, -0.2) is 0 Å². The lowest BCUT2D eigenvalue weighted by Gasteiger charge is -2.35. The van der Waals surface area contributed by atoms with Crippen LogP contribution >= 0.6 is 22.9 Å². The highest BCUT2D eigenvalue weighted by Gasteiger charge is 2.25. The van der Waals surface area contributed by atoms with Gasteiger partial charge in [-0.05, 0) is 24.6 Å². The third-order valence-corrected chi connectivity index (χ3v) is 6.19. The van der Waals surface area contributed by atoms with E-state index in [1.54, 1.807) is 11.3 Å². The summed E-state index contributed by atoms with van der Waals surface area (Å²) in [5.74, 6) is -0.0454. The zero-order valence-electron chi connectivity index (χ0n) is 16.3. The average Bonchev–Trinajstić information content (AvgIpc) is 3.06. The Balaban J connectivity index is 1.55. The molecule has 1 aromatic carbocycles. The molecule has 0 bridgehead atoms. The van der Waals surface area contributed by atoms with Crippen molar-refractivity contribution in [1.82, 2.24) is 15.1 Å². The molecule has 150 valence electrons. The highest BCUT2D eigenvalue weighted by molar-refractivity contribution is 7.16. The molecule has 3 rings (SSSR count). The molecule has 0 spiro atoms. The van der Waals surface area contributed by atoms with E-state index in [4.69, 9.17) is 11.6 Å². The number of amides is 2. The van der Waals surface area contributed by atoms with Gasteiger partial charge in [0.15, 0.2) is 0 Å². The Morgan fingerprint density at radius 1 is 1.11 bits per heavy atom. The van der Waals surface area contributed by atoms with Crippen LogP contribution < -0.4 is 5.32 Å². The van der Waals surface area contributed by atoms with Crippen molar-refractivity contribution in [2.75, 3.05) is 26.2 Å². The Kier molecular flexibility index (Phi) is 7.10. The van der Waals surface area contributed by atoms with E-state index in [-0.39, 0.29) is 24.3 Å². The minimum absolute atomic E-state index is 0.0816. The molecular formula is C21H26ClN3O2S. The maximum absolute atomic E-state index is 12.8. The molecule has 1 aliphatic rings. The van der Waals surface area contributed by atoms with Crippen LogP contribution in [0, 0.1) is 6.92 Å². The van der Waals surface area contributed by atoms with Gasteiger partial charge in [-0.1, -0.05) is 41.4 Å². The van der Waals surface area contributed by atoms with Gasteiger partial charge < -0.3 is 10.2 Å². The Bertz CT molecular complexity index is 813. The van der Waals surface area contributed by atoms with Gasteiger partial charge in [-0.2, -0.15) is 0 Å². The normalized spacial score (nSPS) is 16.0. The molecule has 0 aliphatic carbocycles. The van der Waals surface area contributed by atoms with Crippen molar-refractivity contribution in [3.63, 3.8) is 0 Å². The van der Waals surface area contributed by atoms with Gasteiger partial charge >= 0.3 is 0 Å². The van der Waals surface area contributed by atoms with Crippen molar-refractivity contribution in [2.24, 2.45) is 0 Å². The maximum Gasteiger partial charge on any atom is 0.225 e. The van der Waals surface area contributed by atoms with Crippen LogP contribution in [0.5, 0.6) is 0 Å². The van der Waals surface area contributed by atoms with Crippen LogP contribution in [0.15, 0.2) is 36.4 Å². The number of carbonyl (C=O) groups is 2. The molecule has 2 heterocycles. The number of carbonyl (C=O) groups excluding carboxylic acids is 2. The summed E-state index contributed by atoms with van der Waals surface area (Å²) >= 11 is 7.61. The molecule has 1 saturated heterocycles. The lowest BCUT2D eigenvalue weighted by atomic mass is 10.0. The van der Waals surface area contributed by atoms with Gasteiger partial charge in [-0.15, -0.1) is 11.3 Å². The molecule has 0 saturated carbocycles. The number of hydrogen-bond donors (Lipinski definition) is 1. The number of benzene rings is 1. The van der Waals surface area contributed by atoms with Gasteiger partial charge in [-0.3, -0.25) is 14.5 Å². The number of nitrogens with one attached hydrogen (secondary N) is 1. The Hall–Kier alpha value is -1.89. The standard InChI is InChI=1S/C21H26ClN3O2S/c1-15-3-5-17(6-4-15)19(23-16(2)26)13-21(27)25-11-9-24(10-12-25)14-18-7-8-20(22)28-18/h3-8,19H,9-14H2,1-2H3,(H,23,26). The van der Waals surface area contributed by atoms with Crippen LogP contribution in [0.2, 0.25) is 4.34 Å². The fourth-order valence-corrected chi connectivity index (χ4v) is 4.54. The molecule has 1 aliphatic heterocycles. The second-order valence-corrected chi connectivity index (χ2v) is 9.03. The first kappa shape index (κ1) is 20.8. The molecule has 0 radical (unpaired) electrons. The molecule has 2 amide bonds. The number of nitrogens with zero attached hydrogens (tertiary/aromatic N) is 2. The number of halogens is 1. The number of rotatable bonds is 6. The monoisotopic (exact) mass is 419 g/mol. The highest BCUT2D eigenvalue weighted by atomic mass is 35.5. The molecule has 5 nitrogen and oxygen atoms in total. The quantitative estimate of drug-likeness (QED) is 0.777. The summed E-state index contributed by atoms with van der Waals surface area (Å²) < 4.78 is 0.809. The van der Waals surface area contributed by atoms with Gasteiger partial charge in [0.05, 0.1) is 16.8 Å². The minimum Gasteiger partial charge on any atom is -0.349 e. The topological polar surface area (TPSA) is 52.7 Å². The third kappa shape index (κ3) is 5.80. The first-order valence-corrected chi connectivity index (χ1v) is 10.7. The summed E-state index contributed by atoms with van der Waals surface area (Å²) in [6, 6.07) is 11.7. The minimum atomic E-state index is -0.295. The lowest BCUT2D eigenvalue weighted by molar-refractivity contribution is -0.133. The van der Waals surface area contributed by atoms with Crippen molar-refractivity contribution in [3.8, 4) is 0 Å². The van der Waals surface area contributed by atoms with Crippen molar-refractivity contribution < 1.29 is 9.59 Å². The average molecular weight is 420 g/mol. The fraction of sp³-hybridized carbons (Fsp3) is 0.429.